The molecular weight excluding hydrogens is 254 g/mol. The van der Waals surface area contributed by atoms with Gasteiger partial charge in [-0.25, -0.2) is 0 Å². The Balaban J connectivity index is 1.95. The molecule has 2 heterocycles. The van der Waals surface area contributed by atoms with Crippen LogP contribution in [0.5, 0.6) is 5.75 Å². The van der Waals surface area contributed by atoms with E-state index in [4.69, 9.17) is 4.74 Å². The number of hydrogen-bond acceptors (Lipinski definition) is 3. The predicted octanol–water partition coefficient (Wildman–Crippen LogP) is 3.77. The largest absolute Gasteiger partial charge is 0.486 e. The molecule has 3 heteroatoms. The zero-order valence-electron chi connectivity index (χ0n) is 11.8. The third kappa shape index (κ3) is 2.38. The van der Waals surface area contributed by atoms with Crippen LogP contribution < -0.4 is 10.1 Å². The molecule has 2 nitrogen and oxygen atoms in total. The van der Waals surface area contributed by atoms with E-state index in [2.05, 4.69) is 55.2 Å². The van der Waals surface area contributed by atoms with E-state index < -0.39 is 0 Å². The first-order chi connectivity index (χ1) is 9.25. The highest BCUT2D eigenvalue weighted by Crippen LogP contribution is 2.48. The van der Waals surface area contributed by atoms with Gasteiger partial charge in [0.2, 0.25) is 0 Å². The van der Waals surface area contributed by atoms with Crippen molar-refractivity contribution < 1.29 is 4.74 Å². The van der Waals surface area contributed by atoms with Crippen LogP contribution in [-0.2, 0) is 0 Å². The number of fused-ring (bicyclic) bond motifs is 1. The molecule has 1 spiro atoms. The van der Waals surface area contributed by atoms with Crippen LogP contribution in [-0.4, -0.2) is 23.1 Å². The standard InChI is InChI=1S/C16H23NOS/c1-3-17-14-11-16(9-6-10-19-12(16)2)18-15-8-5-4-7-13(14)15/h4-5,7-8,12,14,17H,3,6,9-11H2,1-2H3. The second-order valence-corrected chi connectivity index (χ2v) is 7.08. The molecule has 19 heavy (non-hydrogen) atoms. The van der Waals surface area contributed by atoms with Gasteiger partial charge in [0.05, 0.1) is 0 Å². The molecular formula is C16H23NOS. The Hall–Kier alpha value is -0.670. The van der Waals surface area contributed by atoms with E-state index in [0.29, 0.717) is 11.3 Å². The smallest absolute Gasteiger partial charge is 0.124 e. The summed E-state index contributed by atoms with van der Waals surface area (Å²) in [7, 11) is 0. The first-order valence-electron chi connectivity index (χ1n) is 7.38. The Bertz CT molecular complexity index is 450. The van der Waals surface area contributed by atoms with Gasteiger partial charge in [0.1, 0.15) is 11.4 Å². The second kappa shape index (κ2) is 5.37. The molecule has 0 bridgehead atoms. The van der Waals surface area contributed by atoms with Gasteiger partial charge in [0.15, 0.2) is 0 Å². The Kier molecular flexibility index (Phi) is 3.77. The van der Waals surface area contributed by atoms with Gasteiger partial charge >= 0.3 is 0 Å². The molecule has 2 aliphatic rings. The third-order valence-corrected chi connectivity index (χ3v) is 5.91. The number of benzene rings is 1. The van der Waals surface area contributed by atoms with Crippen LogP contribution in [0.1, 0.15) is 44.7 Å². The fourth-order valence-electron chi connectivity index (χ4n) is 3.39. The maximum atomic E-state index is 6.49. The summed E-state index contributed by atoms with van der Waals surface area (Å²) in [5, 5.41) is 4.22. The normalized spacial score (nSPS) is 33.8. The second-order valence-electron chi connectivity index (χ2n) is 5.64. The summed E-state index contributed by atoms with van der Waals surface area (Å²) in [6, 6.07) is 8.98. The summed E-state index contributed by atoms with van der Waals surface area (Å²) in [6.45, 7) is 5.53. The maximum absolute atomic E-state index is 6.49. The molecule has 0 saturated carbocycles. The lowest BCUT2D eigenvalue weighted by molar-refractivity contribution is 0.0205. The topological polar surface area (TPSA) is 21.3 Å². The van der Waals surface area contributed by atoms with Crippen molar-refractivity contribution in [2.75, 3.05) is 12.3 Å². The molecule has 1 saturated heterocycles. The summed E-state index contributed by atoms with van der Waals surface area (Å²) >= 11 is 2.07. The van der Waals surface area contributed by atoms with E-state index in [1.54, 1.807) is 0 Å². The number of thioether (sulfide) groups is 1. The number of nitrogens with one attached hydrogen (secondary N) is 1. The summed E-state index contributed by atoms with van der Waals surface area (Å²) < 4.78 is 6.49. The van der Waals surface area contributed by atoms with Crippen LogP contribution >= 0.6 is 11.8 Å². The Morgan fingerprint density at radius 2 is 2.26 bits per heavy atom. The lowest BCUT2D eigenvalue weighted by Crippen LogP contribution is -2.52. The number of para-hydroxylation sites is 1. The molecule has 0 radical (unpaired) electrons. The first kappa shape index (κ1) is 13.3. The zero-order valence-corrected chi connectivity index (χ0v) is 12.6. The monoisotopic (exact) mass is 277 g/mol. The van der Waals surface area contributed by atoms with Crippen molar-refractivity contribution in [2.24, 2.45) is 0 Å². The van der Waals surface area contributed by atoms with Gasteiger partial charge in [0, 0.05) is 23.3 Å². The van der Waals surface area contributed by atoms with Crippen molar-refractivity contribution in [3.63, 3.8) is 0 Å². The highest BCUT2D eigenvalue weighted by molar-refractivity contribution is 8.00. The van der Waals surface area contributed by atoms with Crippen molar-refractivity contribution in [3.05, 3.63) is 29.8 Å². The molecule has 0 amide bonds. The van der Waals surface area contributed by atoms with E-state index in [1.807, 2.05) is 0 Å². The number of rotatable bonds is 2. The molecule has 3 atom stereocenters. The summed E-state index contributed by atoms with van der Waals surface area (Å²) in [4.78, 5) is 0. The van der Waals surface area contributed by atoms with Crippen LogP contribution in [0.2, 0.25) is 0 Å². The predicted molar refractivity (Wildman–Crippen MR) is 82.0 cm³/mol. The van der Waals surface area contributed by atoms with Gasteiger partial charge in [-0.3, -0.25) is 0 Å². The molecule has 3 unspecified atom stereocenters. The minimum Gasteiger partial charge on any atom is -0.486 e. The molecule has 1 aromatic carbocycles. The van der Waals surface area contributed by atoms with Crippen LogP contribution in [0.25, 0.3) is 0 Å². The van der Waals surface area contributed by atoms with Gasteiger partial charge in [-0.15, -0.1) is 0 Å². The van der Waals surface area contributed by atoms with Crippen LogP contribution in [0.4, 0.5) is 0 Å². The van der Waals surface area contributed by atoms with E-state index in [1.165, 1.54) is 24.2 Å². The molecule has 0 aliphatic carbocycles. The Morgan fingerprint density at radius 1 is 1.42 bits per heavy atom. The van der Waals surface area contributed by atoms with Crippen molar-refractivity contribution >= 4 is 11.8 Å². The van der Waals surface area contributed by atoms with E-state index in [0.717, 1.165) is 18.7 Å². The SMILES string of the molecule is CCNC1CC2(CCCSC2C)Oc2ccccc21. The van der Waals surface area contributed by atoms with E-state index in [9.17, 15) is 0 Å². The molecule has 1 aromatic rings. The van der Waals surface area contributed by atoms with Gasteiger partial charge in [-0.1, -0.05) is 25.1 Å². The zero-order chi connectivity index (χ0) is 13.3. The number of hydrogen-bond donors (Lipinski definition) is 1. The average molecular weight is 277 g/mol. The Morgan fingerprint density at radius 3 is 3.05 bits per heavy atom. The molecule has 1 fully saturated rings. The Labute approximate surface area is 120 Å². The first-order valence-corrected chi connectivity index (χ1v) is 8.43. The summed E-state index contributed by atoms with van der Waals surface area (Å²) in [6.07, 6.45) is 3.57. The molecule has 104 valence electrons. The molecule has 2 aliphatic heterocycles. The van der Waals surface area contributed by atoms with E-state index >= 15 is 0 Å². The molecule has 1 N–H and O–H groups in total. The summed E-state index contributed by atoms with van der Waals surface area (Å²) in [5.74, 6) is 2.37. The summed E-state index contributed by atoms with van der Waals surface area (Å²) in [5.41, 5.74) is 1.36. The minimum atomic E-state index is 0.0319. The highest BCUT2D eigenvalue weighted by Gasteiger charge is 2.46. The molecule has 3 rings (SSSR count). The van der Waals surface area contributed by atoms with Gasteiger partial charge in [-0.2, -0.15) is 11.8 Å². The van der Waals surface area contributed by atoms with Gasteiger partial charge in [-0.05, 0) is 38.1 Å². The van der Waals surface area contributed by atoms with Crippen molar-refractivity contribution in [1.29, 1.82) is 0 Å². The maximum Gasteiger partial charge on any atom is 0.124 e. The van der Waals surface area contributed by atoms with Crippen molar-refractivity contribution in [2.45, 2.75) is 50.0 Å². The average Bonchev–Trinajstić information content (AvgIpc) is 2.43. The fraction of sp³-hybridized carbons (Fsp3) is 0.625. The van der Waals surface area contributed by atoms with Crippen molar-refractivity contribution in [1.82, 2.24) is 5.32 Å². The van der Waals surface area contributed by atoms with Crippen LogP contribution in [0.15, 0.2) is 24.3 Å². The number of ether oxygens (including phenoxy) is 1. The lowest BCUT2D eigenvalue weighted by atomic mass is 9.81. The van der Waals surface area contributed by atoms with Crippen molar-refractivity contribution in [3.8, 4) is 5.75 Å². The third-order valence-electron chi connectivity index (χ3n) is 4.46. The minimum absolute atomic E-state index is 0.0319. The van der Waals surface area contributed by atoms with E-state index in [-0.39, 0.29) is 5.60 Å². The van der Waals surface area contributed by atoms with Gasteiger partial charge in [0.25, 0.3) is 0 Å². The fourth-order valence-corrected chi connectivity index (χ4v) is 4.63. The quantitative estimate of drug-likeness (QED) is 0.889. The van der Waals surface area contributed by atoms with Crippen LogP contribution in [0.3, 0.4) is 0 Å². The van der Waals surface area contributed by atoms with Crippen LogP contribution in [0, 0.1) is 0 Å². The molecule has 0 aromatic heterocycles. The van der Waals surface area contributed by atoms with Gasteiger partial charge < -0.3 is 10.1 Å². The highest BCUT2D eigenvalue weighted by atomic mass is 32.2. The lowest BCUT2D eigenvalue weighted by Gasteiger charge is -2.48.